The molecule has 2 aromatic heterocycles. The van der Waals surface area contributed by atoms with Crippen molar-refractivity contribution in [2.45, 2.75) is 19.8 Å². The van der Waals surface area contributed by atoms with Crippen LogP contribution in [0.15, 0.2) is 30.3 Å². The van der Waals surface area contributed by atoms with Crippen LogP contribution in [0.1, 0.15) is 24.1 Å². The average Bonchev–Trinajstić information content (AvgIpc) is 2.83. The van der Waals surface area contributed by atoms with E-state index in [-0.39, 0.29) is 11.7 Å². The average molecular weight is 322 g/mol. The molecule has 0 saturated carbocycles. The standard InChI is InChI=1S/C18H18N4O2/c1-10-14-7-15(13-5-3-4-6-16(13)24)20-21-18(14)19-17(10)12-8-22(9-12)11(2)23/h3-7,12,24H,8-9H2,1-2H3,(H,19,21). The Morgan fingerprint density at radius 1 is 1.29 bits per heavy atom. The second-order valence-corrected chi connectivity index (χ2v) is 6.29. The monoisotopic (exact) mass is 322 g/mol. The second-order valence-electron chi connectivity index (χ2n) is 6.29. The molecule has 4 rings (SSSR count). The van der Waals surface area contributed by atoms with Crippen LogP contribution < -0.4 is 0 Å². The minimum atomic E-state index is 0.113. The van der Waals surface area contributed by atoms with Crippen LogP contribution in [-0.4, -0.2) is 44.2 Å². The zero-order valence-electron chi connectivity index (χ0n) is 13.6. The third-order valence-electron chi connectivity index (χ3n) is 4.77. The number of likely N-dealkylation sites (tertiary alicyclic amines) is 1. The van der Waals surface area contributed by atoms with Crippen LogP contribution >= 0.6 is 0 Å². The van der Waals surface area contributed by atoms with Crippen molar-refractivity contribution in [3.05, 3.63) is 41.6 Å². The van der Waals surface area contributed by atoms with Crippen molar-refractivity contribution in [3.63, 3.8) is 0 Å². The van der Waals surface area contributed by atoms with Gasteiger partial charge in [0.05, 0.1) is 5.69 Å². The number of phenols is 1. The lowest BCUT2D eigenvalue weighted by molar-refractivity contribution is -0.133. The van der Waals surface area contributed by atoms with Crippen molar-refractivity contribution in [1.29, 1.82) is 0 Å². The summed E-state index contributed by atoms with van der Waals surface area (Å²) in [5.74, 6) is 0.619. The molecule has 3 aromatic rings. The number of aryl methyl sites for hydroxylation is 1. The van der Waals surface area contributed by atoms with E-state index in [4.69, 9.17) is 0 Å². The highest BCUT2D eigenvalue weighted by molar-refractivity contribution is 5.85. The lowest BCUT2D eigenvalue weighted by Crippen LogP contribution is -2.47. The Bertz CT molecular complexity index is 941. The molecule has 0 radical (unpaired) electrons. The normalized spacial score (nSPS) is 14.8. The first kappa shape index (κ1) is 14.7. The van der Waals surface area contributed by atoms with Gasteiger partial charge in [0, 0.05) is 42.6 Å². The summed E-state index contributed by atoms with van der Waals surface area (Å²) in [6.07, 6.45) is 0. The quantitative estimate of drug-likeness (QED) is 0.760. The van der Waals surface area contributed by atoms with Crippen molar-refractivity contribution in [2.24, 2.45) is 0 Å². The summed E-state index contributed by atoms with van der Waals surface area (Å²) in [5, 5.41) is 19.5. The molecule has 1 aromatic carbocycles. The molecule has 6 heteroatoms. The maximum absolute atomic E-state index is 11.4. The SMILES string of the molecule is CC(=O)N1CC(c2[nH]c3nnc(-c4ccccc4O)cc3c2C)C1. The molecule has 1 aliphatic rings. The number of aromatic nitrogens is 3. The van der Waals surface area contributed by atoms with Crippen molar-refractivity contribution < 1.29 is 9.90 Å². The number of H-pyrrole nitrogens is 1. The van der Waals surface area contributed by atoms with Gasteiger partial charge >= 0.3 is 0 Å². The van der Waals surface area contributed by atoms with E-state index in [1.165, 1.54) is 0 Å². The molecule has 0 bridgehead atoms. The number of rotatable bonds is 2. The van der Waals surface area contributed by atoms with Gasteiger partial charge in [0.1, 0.15) is 5.75 Å². The van der Waals surface area contributed by atoms with Gasteiger partial charge in [-0.2, -0.15) is 0 Å². The fraction of sp³-hybridized carbons (Fsp3) is 0.278. The molecule has 1 aliphatic heterocycles. The van der Waals surface area contributed by atoms with Gasteiger partial charge < -0.3 is 15.0 Å². The number of amides is 1. The van der Waals surface area contributed by atoms with Gasteiger partial charge in [-0.3, -0.25) is 4.79 Å². The van der Waals surface area contributed by atoms with Gasteiger partial charge in [0.2, 0.25) is 5.91 Å². The summed E-state index contributed by atoms with van der Waals surface area (Å²) in [6, 6.07) is 9.06. The number of phenolic OH excluding ortho intramolecular Hbond substituents is 1. The Labute approximate surface area is 139 Å². The fourth-order valence-electron chi connectivity index (χ4n) is 3.28. The van der Waals surface area contributed by atoms with Crippen molar-refractivity contribution >= 4 is 16.9 Å². The highest BCUT2D eigenvalue weighted by Crippen LogP contribution is 2.34. The predicted molar refractivity (Wildman–Crippen MR) is 90.7 cm³/mol. The molecular weight excluding hydrogens is 304 g/mol. The number of nitrogens with one attached hydrogen (secondary N) is 1. The highest BCUT2D eigenvalue weighted by atomic mass is 16.3. The minimum absolute atomic E-state index is 0.113. The number of nitrogens with zero attached hydrogens (tertiary/aromatic N) is 3. The lowest BCUT2D eigenvalue weighted by atomic mass is 9.93. The molecule has 2 N–H and O–H groups in total. The molecule has 1 amide bonds. The van der Waals surface area contributed by atoms with Gasteiger partial charge in [0.15, 0.2) is 5.65 Å². The number of carbonyl (C=O) groups is 1. The van der Waals surface area contributed by atoms with Gasteiger partial charge in [0.25, 0.3) is 0 Å². The number of fused-ring (bicyclic) bond motifs is 1. The molecule has 122 valence electrons. The second kappa shape index (κ2) is 5.33. The number of benzene rings is 1. The van der Waals surface area contributed by atoms with Crippen LogP contribution in [0, 0.1) is 6.92 Å². The van der Waals surface area contributed by atoms with E-state index in [0.29, 0.717) is 17.2 Å². The summed E-state index contributed by atoms with van der Waals surface area (Å²) in [7, 11) is 0. The molecule has 0 spiro atoms. The van der Waals surface area contributed by atoms with E-state index >= 15 is 0 Å². The van der Waals surface area contributed by atoms with Crippen LogP contribution in [0.2, 0.25) is 0 Å². The number of hydrogen-bond donors (Lipinski definition) is 2. The van der Waals surface area contributed by atoms with Crippen LogP contribution in [0.3, 0.4) is 0 Å². The number of carbonyl (C=O) groups excluding carboxylic acids is 1. The Morgan fingerprint density at radius 3 is 2.75 bits per heavy atom. The topological polar surface area (TPSA) is 82.1 Å². The van der Waals surface area contributed by atoms with E-state index in [1.807, 2.05) is 23.1 Å². The lowest BCUT2D eigenvalue weighted by Gasteiger charge is -2.38. The summed E-state index contributed by atoms with van der Waals surface area (Å²) >= 11 is 0. The zero-order valence-corrected chi connectivity index (χ0v) is 13.6. The predicted octanol–water partition coefficient (Wildman–Crippen LogP) is 2.58. The van der Waals surface area contributed by atoms with E-state index in [9.17, 15) is 9.90 Å². The zero-order chi connectivity index (χ0) is 16.8. The van der Waals surface area contributed by atoms with Gasteiger partial charge in [-0.05, 0) is 30.7 Å². The Kier molecular flexibility index (Phi) is 3.26. The largest absolute Gasteiger partial charge is 0.507 e. The molecule has 1 saturated heterocycles. The van der Waals surface area contributed by atoms with Gasteiger partial charge in [-0.25, -0.2) is 0 Å². The molecule has 1 fully saturated rings. The number of hydrogen-bond acceptors (Lipinski definition) is 4. The van der Waals surface area contributed by atoms with Crippen LogP contribution in [0.4, 0.5) is 0 Å². The third kappa shape index (κ3) is 2.22. The Balaban J connectivity index is 1.72. The summed E-state index contributed by atoms with van der Waals surface area (Å²) < 4.78 is 0. The highest BCUT2D eigenvalue weighted by Gasteiger charge is 2.32. The van der Waals surface area contributed by atoms with E-state index in [2.05, 4.69) is 22.1 Å². The number of aromatic amines is 1. The van der Waals surface area contributed by atoms with Crippen molar-refractivity contribution in [2.75, 3.05) is 13.1 Å². The first-order valence-corrected chi connectivity index (χ1v) is 7.94. The molecule has 24 heavy (non-hydrogen) atoms. The maximum atomic E-state index is 11.4. The Hall–Kier alpha value is -2.89. The van der Waals surface area contributed by atoms with Gasteiger partial charge in [-0.15, -0.1) is 10.2 Å². The smallest absolute Gasteiger partial charge is 0.219 e. The molecule has 3 heterocycles. The molecule has 0 aliphatic carbocycles. The molecule has 0 atom stereocenters. The first-order valence-electron chi connectivity index (χ1n) is 7.94. The van der Waals surface area contributed by atoms with Crippen molar-refractivity contribution in [3.8, 4) is 17.0 Å². The van der Waals surface area contributed by atoms with E-state index < -0.39 is 0 Å². The minimum Gasteiger partial charge on any atom is -0.507 e. The van der Waals surface area contributed by atoms with Crippen LogP contribution in [0.25, 0.3) is 22.3 Å². The summed E-state index contributed by atoms with van der Waals surface area (Å²) in [5.41, 5.74) is 4.30. The number of para-hydroxylation sites is 1. The van der Waals surface area contributed by atoms with Crippen LogP contribution in [-0.2, 0) is 4.79 Å². The summed E-state index contributed by atoms with van der Waals surface area (Å²) in [4.78, 5) is 16.5. The maximum Gasteiger partial charge on any atom is 0.219 e. The molecular formula is C18H18N4O2. The first-order chi connectivity index (χ1) is 11.5. The van der Waals surface area contributed by atoms with E-state index in [1.54, 1.807) is 19.1 Å². The third-order valence-corrected chi connectivity index (χ3v) is 4.77. The molecule has 0 unspecified atom stereocenters. The number of aromatic hydroxyl groups is 1. The molecule has 6 nitrogen and oxygen atoms in total. The van der Waals surface area contributed by atoms with Crippen molar-refractivity contribution in [1.82, 2.24) is 20.1 Å². The van der Waals surface area contributed by atoms with Crippen LogP contribution in [0.5, 0.6) is 5.75 Å². The fourth-order valence-corrected chi connectivity index (χ4v) is 3.28. The van der Waals surface area contributed by atoms with E-state index in [0.717, 1.165) is 35.4 Å². The van der Waals surface area contributed by atoms with Gasteiger partial charge in [-0.1, -0.05) is 12.1 Å². The summed E-state index contributed by atoms with van der Waals surface area (Å²) in [6.45, 7) is 5.13. The Morgan fingerprint density at radius 2 is 2.04 bits per heavy atom.